The van der Waals surface area contributed by atoms with E-state index in [1.165, 1.54) is 0 Å². The molecule has 4 heterocycles. The normalized spacial score (nSPS) is 13.1. The Morgan fingerprint density at radius 2 is 1.83 bits per heavy atom. The van der Waals surface area contributed by atoms with Gasteiger partial charge in [0.05, 0.1) is 23.3 Å². The van der Waals surface area contributed by atoms with Crippen LogP contribution in [0.3, 0.4) is 0 Å². The molecule has 2 aromatic carbocycles. The molecule has 166 valence electrons. The summed E-state index contributed by atoms with van der Waals surface area (Å²) in [5.74, 6) is 7.67. The van der Waals surface area contributed by atoms with Crippen molar-refractivity contribution in [3.05, 3.63) is 95.6 Å². The number of hydrogen-bond donors (Lipinski definition) is 1. The minimum atomic E-state index is 0.286. The van der Waals surface area contributed by atoms with Crippen molar-refractivity contribution < 1.29 is 0 Å². The largest absolute Gasteiger partial charge is 0.339 e. The summed E-state index contributed by atoms with van der Waals surface area (Å²) >= 11 is 0. The van der Waals surface area contributed by atoms with E-state index < -0.39 is 0 Å². The lowest BCUT2D eigenvalue weighted by Crippen LogP contribution is -2.46. The molecular weight excluding hydrogens is 436 g/mol. The van der Waals surface area contributed by atoms with Gasteiger partial charge in [0.1, 0.15) is 11.4 Å². The fourth-order valence-electron chi connectivity index (χ4n) is 4.13. The van der Waals surface area contributed by atoms with E-state index in [2.05, 4.69) is 52.9 Å². The topological polar surface area (TPSA) is 107 Å². The molecule has 1 aliphatic heterocycles. The SMILES string of the molecule is N#Cc1ccccc1C1CN(c2nccc(-c3nccc(C#Cc4ccc5[nH]ncc5c4)n3)n2)C1. The molecule has 1 saturated heterocycles. The van der Waals surface area contributed by atoms with Crippen LogP contribution in [-0.4, -0.2) is 43.2 Å². The first-order valence-electron chi connectivity index (χ1n) is 11.1. The molecular formula is C27H18N8. The Kier molecular flexibility index (Phi) is 5.10. The standard InChI is InChI=1S/C27H18N8/c28-14-19-3-1-2-4-23(19)21-16-35(17-21)27-30-12-10-25(33-27)26-29-11-9-22(32-26)7-5-18-6-8-24-20(13-18)15-31-34-24/h1-4,6,8-13,15,21H,16-17H2,(H,31,34). The van der Waals surface area contributed by atoms with E-state index in [0.29, 0.717) is 23.2 Å². The predicted octanol–water partition coefficient (Wildman–Crippen LogP) is 3.69. The highest BCUT2D eigenvalue weighted by molar-refractivity contribution is 5.79. The number of anilines is 1. The molecule has 1 N–H and O–H groups in total. The van der Waals surface area contributed by atoms with Gasteiger partial charge in [-0.15, -0.1) is 0 Å². The van der Waals surface area contributed by atoms with Crippen molar-refractivity contribution in [1.82, 2.24) is 30.1 Å². The van der Waals surface area contributed by atoms with E-state index in [0.717, 1.165) is 40.7 Å². The highest BCUT2D eigenvalue weighted by Gasteiger charge is 2.31. The molecule has 0 atom stereocenters. The van der Waals surface area contributed by atoms with Crippen LogP contribution >= 0.6 is 0 Å². The van der Waals surface area contributed by atoms with Crippen LogP contribution < -0.4 is 4.90 Å². The average molecular weight is 454 g/mol. The van der Waals surface area contributed by atoms with Crippen LogP contribution in [0.25, 0.3) is 22.4 Å². The van der Waals surface area contributed by atoms with Gasteiger partial charge in [-0.3, -0.25) is 5.10 Å². The molecule has 8 heteroatoms. The Morgan fingerprint density at radius 1 is 0.943 bits per heavy atom. The zero-order valence-corrected chi connectivity index (χ0v) is 18.6. The van der Waals surface area contributed by atoms with Crippen LogP contribution in [0.15, 0.2) is 73.2 Å². The van der Waals surface area contributed by atoms with Crippen LogP contribution in [-0.2, 0) is 0 Å². The third-order valence-corrected chi connectivity index (χ3v) is 5.99. The number of rotatable bonds is 3. The summed E-state index contributed by atoms with van der Waals surface area (Å²) in [5, 5.41) is 17.4. The molecule has 3 aromatic heterocycles. The molecule has 0 aliphatic carbocycles. The minimum absolute atomic E-state index is 0.286. The van der Waals surface area contributed by atoms with Crippen molar-refractivity contribution in [1.29, 1.82) is 5.26 Å². The Bertz CT molecular complexity index is 1650. The minimum Gasteiger partial charge on any atom is -0.339 e. The number of aromatic amines is 1. The monoisotopic (exact) mass is 454 g/mol. The zero-order valence-electron chi connectivity index (χ0n) is 18.6. The summed E-state index contributed by atoms with van der Waals surface area (Å²) in [5.41, 5.74) is 4.90. The highest BCUT2D eigenvalue weighted by atomic mass is 15.3. The maximum Gasteiger partial charge on any atom is 0.226 e. The van der Waals surface area contributed by atoms with Gasteiger partial charge in [0.25, 0.3) is 0 Å². The smallest absolute Gasteiger partial charge is 0.226 e. The van der Waals surface area contributed by atoms with E-state index in [-0.39, 0.29) is 5.92 Å². The maximum atomic E-state index is 9.38. The average Bonchev–Trinajstić information content (AvgIpc) is 3.35. The third-order valence-electron chi connectivity index (χ3n) is 5.99. The van der Waals surface area contributed by atoms with E-state index in [1.807, 2.05) is 42.5 Å². The lowest BCUT2D eigenvalue weighted by molar-refractivity contribution is 0.513. The van der Waals surface area contributed by atoms with Crippen LogP contribution in [0.4, 0.5) is 5.95 Å². The molecule has 0 radical (unpaired) electrons. The van der Waals surface area contributed by atoms with Crippen LogP contribution in [0.2, 0.25) is 0 Å². The maximum absolute atomic E-state index is 9.38. The Morgan fingerprint density at radius 3 is 2.74 bits per heavy atom. The zero-order chi connectivity index (χ0) is 23.6. The summed E-state index contributed by atoms with van der Waals surface area (Å²) in [4.78, 5) is 20.2. The summed E-state index contributed by atoms with van der Waals surface area (Å²) in [6.07, 6.45) is 5.18. The Hall–Kier alpha value is -5.08. The lowest BCUT2D eigenvalue weighted by Gasteiger charge is -2.39. The fraction of sp³-hybridized carbons (Fsp3) is 0.111. The molecule has 1 aliphatic rings. The van der Waals surface area contributed by atoms with Gasteiger partial charge in [-0.1, -0.05) is 24.1 Å². The van der Waals surface area contributed by atoms with Crippen molar-refractivity contribution >= 4 is 16.9 Å². The number of nitrogens with zero attached hydrogens (tertiary/aromatic N) is 7. The van der Waals surface area contributed by atoms with Crippen molar-refractivity contribution in [3.8, 4) is 29.4 Å². The summed E-state index contributed by atoms with van der Waals surface area (Å²) in [6, 6.07) is 19.5. The first-order valence-corrected chi connectivity index (χ1v) is 11.1. The van der Waals surface area contributed by atoms with E-state index in [1.54, 1.807) is 30.7 Å². The fourth-order valence-corrected chi connectivity index (χ4v) is 4.13. The van der Waals surface area contributed by atoms with Crippen molar-refractivity contribution in [2.24, 2.45) is 0 Å². The molecule has 1 fully saturated rings. The quantitative estimate of drug-likeness (QED) is 0.414. The van der Waals surface area contributed by atoms with E-state index in [9.17, 15) is 5.26 Å². The molecule has 0 unspecified atom stereocenters. The number of hydrogen-bond acceptors (Lipinski definition) is 7. The van der Waals surface area contributed by atoms with E-state index >= 15 is 0 Å². The number of fused-ring (bicyclic) bond motifs is 1. The van der Waals surface area contributed by atoms with Gasteiger partial charge < -0.3 is 4.90 Å². The second kappa shape index (κ2) is 8.69. The van der Waals surface area contributed by atoms with Gasteiger partial charge in [-0.25, -0.2) is 19.9 Å². The highest BCUT2D eigenvalue weighted by Crippen LogP contribution is 2.32. The Labute approximate surface area is 201 Å². The molecule has 0 spiro atoms. The molecule has 0 bridgehead atoms. The molecule has 35 heavy (non-hydrogen) atoms. The lowest BCUT2D eigenvalue weighted by atomic mass is 9.88. The van der Waals surface area contributed by atoms with Gasteiger partial charge in [-0.2, -0.15) is 10.4 Å². The van der Waals surface area contributed by atoms with Gasteiger partial charge >= 0.3 is 0 Å². The van der Waals surface area contributed by atoms with Gasteiger partial charge in [0.2, 0.25) is 5.95 Å². The molecule has 0 saturated carbocycles. The van der Waals surface area contributed by atoms with Gasteiger partial charge in [0.15, 0.2) is 5.82 Å². The summed E-state index contributed by atoms with van der Waals surface area (Å²) < 4.78 is 0. The van der Waals surface area contributed by atoms with Crippen molar-refractivity contribution in [2.45, 2.75) is 5.92 Å². The molecule has 6 rings (SSSR count). The Balaban J connectivity index is 1.20. The predicted molar refractivity (Wildman–Crippen MR) is 131 cm³/mol. The van der Waals surface area contributed by atoms with Crippen LogP contribution in [0.5, 0.6) is 0 Å². The van der Waals surface area contributed by atoms with E-state index in [4.69, 9.17) is 0 Å². The number of nitriles is 1. The molecule has 5 aromatic rings. The number of nitrogens with one attached hydrogen (secondary N) is 1. The first kappa shape index (κ1) is 20.5. The number of aromatic nitrogens is 6. The summed E-state index contributed by atoms with van der Waals surface area (Å²) in [6.45, 7) is 1.52. The molecule has 0 amide bonds. The van der Waals surface area contributed by atoms with Crippen molar-refractivity contribution in [2.75, 3.05) is 18.0 Å². The third kappa shape index (κ3) is 4.05. The van der Waals surface area contributed by atoms with Gasteiger partial charge in [-0.05, 0) is 47.9 Å². The molecule has 8 nitrogen and oxygen atoms in total. The summed E-state index contributed by atoms with van der Waals surface area (Å²) in [7, 11) is 0. The second-order valence-electron chi connectivity index (χ2n) is 8.23. The van der Waals surface area contributed by atoms with Crippen LogP contribution in [0.1, 0.15) is 28.3 Å². The van der Waals surface area contributed by atoms with Crippen molar-refractivity contribution in [3.63, 3.8) is 0 Å². The number of benzene rings is 2. The second-order valence-corrected chi connectivity index (χ2v) is 8.23. The first-order chi connectivity index (χ1) is 17.3. The van der Waals surface area contributed by atoms with Gasteiger partial charge in [0, 0.05) is 42.4 Å². The number of H-pyrrole nitrogens is 1. The van der Waals surface area contributed by atoms with Crippen LogP contribution in [0, 0.1) is 23.2 Å².